The fourth-order valence-corrected chi connectivity index (χ4v) is 4.08. The van der Waals surface area contributed by atoms with E-state index in [1.54, 1.807) is 12.3 Å². The molecule has 5 nitrogen and oxygen atoms in total. The number of pyridine rings is 1. The zero-order valence-corrected chi connectivity index (χ0v) is 16.1. The Bertz CT molecular complexity index is 1150. The second-order valence-electron chi connectivity index (χ2n) is 6.46. The molecule has 0 saturated carbocycles. The SMILES string of the molecule is CC(C)(C(=O)Nc1cc2ccccc2cn1)S(=O)(=O)c1ccc(Cl)cc1F. The molecule has 8 heteroatoms. The van der Waals surface area contributed by atoms with Crippen LogP contribution in [0.3, 0.4) is 0 Å². The molecule has 0 radical (unpaired) electrons. The van der Waals surface area contributed by atoms with Gasteiger partial charge in [0.05, 0.1) is 0 Å². The van der Waals surface area contributed by atoms with Crippen molar-refractivity contribution < 1.29 is 17.6 Å². The first-order chi connectivity index (χ1) is 12.6. The van der Waals surface area contributed by atoms with E-state index in [0.29, 0.717) is 0 Å². The number of carbonyl (C=O) groups excluding carboxylic acids is 1. The molecule has 1 heterocycles. The molecule has 2 aromatic carbocycles. The van der Waals surface area contributed by atoms with E-state index in [0.717, 1.165) is 22.9 Å². The van der Waals surface area contributed by atoms with Crippen molar-refractivity contribution in [2.75, 3.05) is 5.32 Å². The van der Waals surface area contributed by atoms with Gasteiger partial charge in [-0.05, 0) is 43.5 Å². The van der Waals surface area contributed by atoms with Crippen molar-refractivity contribution in [1.29, 1.82) is 0 Å². The molecule has 0 aliphatic heterocycles. The molecule has 0 bridgehead atoms. The Labute approximate surface area is 161 Å². The smallest absolute Gasteiger partial charge is 0.246 e. The first-order valence-electron chi connectivity index (χ1n) is 7.99. The highest BCUT2D eigenvalue weighted by molar-refractivity contribution is 7.93. The van der Waals surface area contributed by atoms with Crippen LogP contribution in [0.2, 0.25) is 5.02 Å². The number of nitrogens with one attached hydrogen (secondary N) is 1. The number of aromatic nitrogens is 1. The molecule has 0 fully saturated rings. The standard InChI is InChI=1S/C19H16ClFN2O3S/c1-19(2,27(25,26)16-8-7-14(20)10-15(16)21)18(24)23-17-9-12-5-3-4-6-13(12)11-22-17/h3-11H,1-2H3,(H,22,23,24). The minimum atomic E-state index is -4.32. The molecule has 0 aliphatic rings. The van der Waals surface area contributed by atoms with Crippen LogP contribution in [0, 0.1) is 5.82 Å². The van der Waals surface area contributed by atoms with E-state index >= 15 is 0 Å². The Balaban J connectivity index is 1.93. The highest BCUT2D eigenvalue weighted by atomic mass is 35.5. The predicted molar refractivity (Wildman–Crippen MR) is 103 cm³/mol. The molecule has 0 atom stereocenters. The van der Waals surface area contributed by atoms with Gasteiger partial charge in [-0.1, -0.05) is 35.9 Å². The van der Waals surface area contributed by atoms with Crippen molar-refractivity contribution in [3.8, 4) is 0 Å². The van der Waals surface area contributed by atoms with Crippen LogP contribution in [0.4, 0.5) is 10.2 Å². The summed E-state index contributed by atoms with van der Waals surface area (Å²) in [5.74, 6) is -1.62. The highest BCUT2D eigenvalue weighted by Crippen LogP contribution is 2.30. The average Bonchev–Trinajstić information content (AvgIpc) is 2.61. The van der Waals surface area contributed by atoms with Crippen molar-refractivity contribution in [1.82, 2.24) is 4.98 Å². The van der Waals surface area contributed by atoms with Gasteiger partial charge in [-0.25, -0.2) is 17.8 Å². The van der Waals surface area contributed by atoms with Crippen LogP contribution in [0.25, 0.3) is 10.8 Å². The van der Waals surface area contributed by atoms with Crippen LogP contribution in [-0.4, -0.2) is 24.1 Å². The third-order valence-corrected chi connectivity index (χ3v) is 6.95. The number of rotatable bonds is 4. The van der Waals surface area contributed by atoms with Gasteiger partial charge in [0.25, 0.3) is 0 Å². The fraction of sp³-hybridized carbons (Fsp3) is 0.158. The van der Waals surface area contributed by atoms with Gasteiger partial charge in [0.1, 0.15) is 21.3 Å². The zero-order valence-electron chi connectivity index (χ0n) is 14.5. The van der Waals surface area contributed by atoms with Crippen LogP contribution < -0.4 is 5.32 Å². The van der Waals surface area contributed by atoms with E-state index in [1.807, 2.05) is 24.3 Å². The van der Waals surface area contributed by atoms with Crippen LogP contribution >= 0.6 is 11.6 Å². The van der Waals surface area contributed by atoms with Crippen molar-refractivity contribution in [2.24, 2.45) is 0 Å². The zero-order chi connectivity index (χ0) is 19.8. The van der Waals surface area contributed by atoms with E-state index < -0.39 is 31.2 Å². The minimum absolute atomic E-state index is 0.0640. The first kappa shape index (κ1) is 19.3. The monoisotopic (exact) mass is 406 g/mol. The molecule has 0 saturated heterocycles. The molecule has 1 amide bonds. The maximum Gasteiger partial charge on any atom is 0.246 e. The maximum absolute atomic E-state index is 14.1. The molecular weight excluding hydrogens is 391 g/mol. The lowest BCUT2D eigenvalue weighted by atomic mass is 10.1. The number of carbonyl (C=O) groups is 1. The Hall–Kier alpha value is -2.51. The molecular formula is C19H16ClFN2O3S. The normalized spacial score (nSPS) is 12.1. The Morgan fingerprint density at radius 2 is 1.78 bits per heavy atom. The van der Waals surface area contributed by atoms with Gasteiger partial charge in [-0.2, -0.15) is 0 Å². The molecule has 1 N–H and O–H groups in total. The molecule has 0 unspecified atom stereocenters. The van der Waals surface area contributed by atoms with E-state index in [2.05, 4.69) is 10.3 Å². The van der Waals surface area contributed by atoms with Gasteiger partial charge < -0.3 is 5.32 Å². The summed E-state index contributed by atoms with van der Waals surface area (Å²) in [7, 11) is -4.32. The van der Waals surface area contributed by atoms with Gasteiger partial charge in [-0.15, -0.1) is 0 Å². The lowest BCUT2D eigenvalue weighted by Crippen LogP contribution is -2.44. The summed E-state index contributed by atoms with van der Waals surface area (Å²) in [6.07, 6.45) is 1.57. The number of hydrogen-bond acceptors (Lipinski definition) is 4. The van der Waals surface area contributed by atoms with Crippen LogP contribution in [0.15, 0.2) is 59.6 Å². The molecule has 3 rings (SSSR count). The lowest BCUT2D eigenvalue weighted by Gasteiger charge is -2.24. The van der Waals surface area contributed by atoms with Crippen molar-refractivity contribution in [3.05, 3.63) is 65.6 Å². The van der Waals surface area contributed by atoms with Gasteiger partial charge in [-0.3, -0.25) is 4.79 Å². The summed E-state index contributed by atoms with van der Waals surface area (Å²) >= 11 is 5.68. The van der Waals surface area contributed by atoms with Gasteiger partial charge in [0.2, 0.25) is 5.91 Å². The number of hydrogen-bond donors (Lipinski definition) is 1. The average molecular weight is 407 g/mol. The summed E-state index contributed by atoms with van der Waals surface area (Å²) < 4.78 is 37.9. The summed E-state index contributed by atoms with van der Waals surface area (Å²) in [4.78, 5) is 16.2. The van der Waals surface area contributed by atoms with Crippen LogP contribution in [-0.2, 0) is 14.6 Å². The van der Waals surface area contributed by atoms with Crippen LogP contribution in [0.5, 0.6) is 0 Å². The third-order valence-electron chi connectivity index (χ3n) is 4.27. The van der Waals surface area contributed by atoms with Gasteiger partial charge in [0, 0.05) is 16.6 Å². The highest BCUT2D eigenvalue weighted by Gasteiger charge is 2.44. The molecule has 3 aromatic rings. The second-order valence-corrected chi connectivity index (χ2v) is 9.36. The first-order valence-corrected chi connectivity index (χ1v) is 9.85. The maximum atomic E-state index is 14.1. The topological polar surface area (TPSA) is 76.1 Å². The minimum Gasteiger partial charge on any atom is -0.309 e. The largest absolute Gasteiger partial charge is 0.309 e. The number of halogens is 2. The molecule has 27 heavy (non-hydrogen) atoms. The van der Waals surface area contributed by atoms with Gasteiger partial charge >= 0.3 is 0 Å². The number of benzene rings is 2. The molecule has 0 aliphatic carbocycles. The quantitative estimate of drug-likeness (QED) is 0.703. The van der Waals surface area contributed by atoms with E-state index in [1.165, 1.54) is 19.9 Å². The predicted octanol–water partition coefficient (Wildman–Crippen LogP) is 4.22. The Morgan fingerprint density at radius 1 is 1.11 bits per heavy atom. The summed E-state index contributed by atoms with van der Waals surface area (Å²) in [5, 5.41) is 4.29. The third kappa shape index (κ3) is 3.52. The Morgan fingerprint density at radius 3 is 2.44 bits per heavy atom. The number of sulfone groups is 1. The van der Waals surface area contributed by atoms with E-state index in [-0.39, 0.29) is 10.8 Å². The number of amides is 1. The summed E-state index contributed by atoms with van der Waals surface area (Å²) in [6, 6.07) is 12.3. The number of nitrogens with zero attached hydrogens (tertiary/aromatic N) is 1. The van der Waals surface area contributed by atoms with Gasteiger partial charge in [0.15, 0.2) is 9.84 Å². The van der Waals surface area contributed by atoms with E-state index in [4.69, 9.17) is 11.6 Å². The molecule has 140 valence electrons. The fourth-order valence-electron chi connectivity index (χ4n) is 2.51. The second kappa shape index (κ2) is 6.90. The summed E-state index contributed by atoms with van der Waals surface area (Å²) in [5.41, 5.74) is 0. The van der Waals surface area contributed by atoms with Crippen molar-refractivity contribution in [3.63, 3.8) is 0 Å². The lowest BCUT2D eigenvalue weighted by molar-refractivity contribution is -0.117. The molecule has 0 spiro atoms. The molecule has 1 aromatic heterocycles. The summed E-state index contributed by atoms with van der Waals surface area (Å²) in [6.45, 7) is 2.43. The van der Waals surface area contributed by atoms with Crippen LogP contribution in [0.1, 0.15) is 13.8 Å². The van der Waals surface area contributed by atoms with E-state index in [9.17, 15) is 17.6 Å². The Kier molecular flexibility index (Phi) is 4.92. The van der Waals surface area contributed by atoms with Crippen molar-refractivity contribution >= 4 is 43.9 Å². The number of fused-ring (bicyclic) bond motifs is 1. The van der Waals surface area contributed by atoms with Crippen molar-refractivity contribution in [2.45, 2.75) is 23.5 Å². The number of anilines is 1.